The summed E-state index contributed by atoms with van der Waals surface area (Å²) in [6, 6.07) is 12.6. The minimum Gasteiger partial charge on any atom is -0.203 e. The Hall–Kier alpha value is -3.32. The summed E-state index contributed by atoms with van der Waals surface area (Å²) in [5, 5.41) is 0. The molecular weight excluding hydrogens is 460 g/mol. The normalized spacial score (nSPS) is 15.4. The predicted octanol–water partition coefficient (Wildman–Crippen LogP) is 9.52. The van der Waals surface area contributed by atoms with Crippen LogP contribution in [0.25, 0.3) is 27.8 Å². The topological polar surface area (TPSA) is 0 Å². The lowest BCUT2D eigenvalue weighted by Gasteiger charge is -2.22. The van der Waals surface area contributed by atoms with Gasteiger partial charge in [0.2, 0.25) is 0 Å². The van der Waals surface area contributed by atoms with E-state index in [-0.39, 0.29) is 23.1 Å². The van der Waals surface area contributed by atoms with Crippen LogP contribution in [0.15, 0.2) is 54.6 Å². The van der Waals surface area contributed by atoms with E-state index in [0.29, 0.717) is 29.0 Å². The molecule has 0 fully saturated rings. The van der Waals surface area contributed by atoms with Crippen molar-refractivity contribution < 1.29 is 17.6 Å². The van der Waals surface area contributed by atoms with Crippen LogP contribution in [-0.2, 0) is 6.42 Å². The van der Waals surface area contributed by atoms with Gasteiger partial charge in [0.1, 0.15) is 0 Å². The Morgan fingerprint density at radius 3 is 1.97 bits per heavy atom. The molecule has 0 radical (unpaired) electrons. The Labute approximate surface area is 211 Å². The summed E-state index contributed by atoms with van der Waals surface area (Å²) >= 11 is 0. The number of benzene rings is 3. The molecule has 0 saturated heterocycles. The number of hydrogen-bond acceptors (Lipinski definition) is 0. The van der Waals surface area contributed by atoms with Crippen molar-refractivity contribution in [3.63, 3.8) is 0 Å². The largest absolute Gasteiger partial charge is 0.203 e. The first kappa shape index (κ1) is 25.8. The summed E-state index contributed by atoms with van der Waals surface area (Å²) in [5.41, 5.74) is 2.57. The van der Waals surface area contributed by atoms with Gasteiger partial charge in [0.15, 0.2) is 23.3 Å². The van der Waals surface area contributed by atoms with E-state index in [1.54, 1.807) is 36.4 Å². The Bertz CT molecular complexity index is 1300. The highest BCUT2D eigenvalue weighted by atomic mass is 19.2. The molecule has 0 N–H and O–H groups in total. The van der Waals surface area contributed by atoms with Crippen molar-refractivity contribution in [1.29, 1.82) is 0 Å². The van der Waals surface area contributed by atoms with Gasteiger partial charge < -0.3 is 0 Å². The smallest absolute Gasteiger partial charge is 0.167 e. The number of rotatable bonds is 8. The molecule has 0 heterocycles. The van der Waals surface area contributed by atoms with E-state index in [1.165, 1.54) is 31.4 Å². The highest BCUT2D eigenvalue weighted by Crippen LogP contribution is 2.37. The summed E-state index contributed by atoms with van der Waals surface area (Å²) in [6.07, 6.45) is 14.1. The van der Waals surface area contributed by atoms with Crippen molar-refractivity contribution in [3.8, 4) is 34.6 Å². The first-order chi connectivity index (χ1) is 17.4. The standard InChI is InChI=1S/C32H30F4/c1-3-5-7-21-9-11-22(12-10-21)27-19-20-28(32(36)31(27)35)24-15-13-23(14-16-24)26-18-17-25(8-6-4-2)29(33)30(26)34/h2,11,13-21H,3,5-10,12H2,1H3. The van der Waals surface area contributed by atoms with E-state index in [4.69, 9.17) is 6.42 Å². The van der Waals surface area contributed by atoms with Crippen LogP contribution in [0.5, 0.6) is 0 Å². The molecule has 36 heavy (non-hydrogen) atoms. The fourth-order valence-corrected chi connectivity index (χ4v) is 4.95. The van der Waals surface area contributed by atoms with Crippen LogP contribution in [0, 0.1) is 41.5 Å². The minimum absolute atomic E-state index is 0.104. The second kappa shape index (κ2) is 11.6. The Kier molecular flexibility index (Phi) is 8.31. The number of hydrogen-bond donors (Lipinski definition) is 0. The van der Waals surface area contributed by atoms with Crippen LogP contribution in [0.1, 0.15) is 63.0 Å². The number of halogens is 4. The number of unbranched alkanes of at least 4 members (excludes halogenated alkanes) is 1. The summed E-state index contributed by atoms with van der Waals surface area (Å²) in [6.45, 7) is 2.18. The molecule has 186 valence electrons. The van der Waals surface area contributed by atoms with E-state index in [1.807, 2.05) is 0 Å². The monoisotopic (exact) mass is 490 g/mol. The van der Waals surface area contributed by atoms with Gasteiger partial charge in [-0.3, -0.25) is 0 Å². The highest BCUT2D eigenvalue weighted by Gasteiger charge is 2.21. The van der Waals surface area contributed by atoms with Gasteiger partial charge in [0.05, 0.1) is 0 Å². The first-order valence-electron chi connectivity index (χ1n) is 12.6. The summed E-state index contributed by atoms with van der Waals surface area (Å²) in [7, 11) is 0. The van der Waals surface area contributed by atoms with E-state index >= 15 is 8.78 Å². The molecule has 1 aliphatic rings. The third kappa shape index (κ3) is 5.41. The van der Waals surface area contributed by atoms with Crippen LogP contribution in [0.2, 0.25) is 0 Å². The van der Waals surface area contributed by atoms with E-state index in [2.05, 4.69) is 18.9 Å². The van der Waals surface area contributed by atoms with Crippen LogP contribution in [-0.4, -0.2) is 0 Å². The molecule has 1 aliphatic carbocycles. The average molecular weight is 491 g/mol. The highest BCUT2D eigenvalue weighted by molar-refractivity contribution is 5.74. The van der Waals surface area contributed by atoms with Crippen molar-refractivity contribution >= 4 is 5.57 Å². The van der Waals surface area contributed by atoms with E-state index in [9.17, 15) is 8.78 Å². The Balaban J connectivity index is 1.55. The van der Waals surface area contributed by atoms with Crippen LogP contribution in [0.4, 0.5) is 17.6 Å². The van der Waals surface area contributed by atoms with Crippen LogP contribution in [0.3, 0.4) is 0 Å². The zero-order valence-electron chi connectivity index (χ0n) is 20.5. The van der Waals surface area contributed by atoms with Gasteiger partial charge in [-0.2, -0.15) is 0 Å². The quantitative estimate of drug-likeness (QED) is 0.218. The van der Waals surface area contributed by atoms with Gasteiger partial charge in [-0.15, -0.1) is 12.3 Å². The van der Waals surface area contributed by atoms with E-state index in [0.717, 1.165) is 24.8 Å². The number of allylic oxidation sites excluding steroid dienone is 2. The molecule has 0 saturated carbocycles. The maximum atomic E-state index is 15.1. The third-order valence-electron chi connectivity index (χ3n) is 7.12. The van der Waals surface area contributed by atoms with Crippen molar-refractivity contribution in [1.82, 2.24) is 0 Å². The zero-order chi connectivity index (χ0) is 25.7. The lowest BCUT2D eigenvalue weighted by molar-refractivity contribution is 0.432. The van der Waals surface area contributed by atoms with Crippen molar-refractivity contribution in [2.75, 3.05) is 0 Å². The van der Waals surface area contributed by atoms with Gasteiger partial charge in [0.25, 0.3) is 0 Å². The van der Waals surface area contributed by atoms with Gasteiger partial charge >= 0.3 is 0 Å². The fourth-order valence-electron chi connectivity index (χ4n) is 4.95. The van der Waals surface area contributed by atoms with Gasteiger partial charge in [-0.25, -0.2) is 17.6 Å². The fraction of sp³-hybridized carbons (Fsp3) is 0.312. The molecule has 3 aromatic carbocycles. The first-order valence-corrected chi connectivity index (χ1v) is 12.6. The Morgan fingerprint density at radius 1 is 0.806 bits per heavy atom. The van der Waals surface area contributed by atoms with Crippen molar-refractivity contribution in [2.45, 2.75) is 58.3 Å². The Morgan fingerprint density at radius 2 is 1.39 bits per heavy atom. The summed E-state index contributed by atoms with van der Waals surface area (Å²) in [4.78, 5) is 0. The molecule has 0 aliphatic heterocycles. The zero-order valence-corrected chi connectivity index (χ0v) is 20.5. The predicted molar refractivity (Wildman–Crippen MR) is 139 cm³/mol. The van der Waals surface area contributed by atoms with E-state index < -0.39 is 23.3 Å². The molecular formula is C32H30F4. The lowest BCUT2D eigenvalue weighted by Crippen LogP contribution is -2.07. The summed E-state index contributed by atoms with van der Waals surface area (Å²) < 4.78 is 59.3. The third-order valence-corrected chi connectivity index (χ3v) is 7.12. The second-order valence-electron chi connectivity index (χ2n) is 9.48. The van der Waals surface area contributed by atoms with Gasteiger partial charge in [-0.1, -0.05) is 80.8 Å². The molecule has 3 aromatic rings. The molecule has 4 heteroatoms. The van der Waals surface area contributed by atoms with Crippen LogP contribution >= 0.6 is 0 Å². The molecule has 1 unspecified atom stereocenters. The molecule has 4 rings (SSSR count). The van der Waals surface area contributed by atoms with Crippen molar-refractivity contribution in [2.24, 2.45) is 5.92 Å². The molecule has 0 nitrogen and oxygen atoms in total. The summed E-state index contributed by atoms with van der Waals surface area (Å²) in [5.74, 6) is -0.559. The maximum Gasteiger partial charge on any atom is 0.167 e. The van der Waals surface area contributed by atoms with Crippen LogP contribution < -0.4 is 0 Å². The van der Waals surface area contributed by atoms with Crippen molar-refractivity contribution in [3.05, 3.63) is 89.0 Å². The number of aryl methyl sites for hydroxylation is 1. The molecule has 0 aromatic heterocycles. The van der Waals surface area contributed by atoms with Gasteiger partial charge in [0, 0.05) is 23.1 Å². The average Bonchev–Trinajstić information content (AvgIpc) is 2.90. The minimum atomic E-state index is -0.948. The molecule has 0 amide bonds. The molecule has 0 bridgehead atoms. The lowest BCUT2D eigenvalue weighted by atomic mass is 9.83. The number of terminal acetylenes is 1. The molecule has 0 spiro atoms. The van der Waals surface area contributed by atoms with Gasteiger partial charge in [-0.05, 0) is 53.9 Å². The SMILES string of the molecule is C#CCCc1ccc(-c2ccc(-c3ccc(C4=CCC(CCCC)CC4)c(F)c3F)cc2)c(F)c1F. The second-order valence-corrected chi connectivity index (χ2v) is 9.48. The maximum absolute atomic E-state index is 15.1. The molecule has 1 atom stereocenters.